The summed E-state index contributed by atoms with van der Waals surface area (Å²) >= 11 is 0. The molecule has 5 heteroatoms. The third-order valence-electron chi connectivity index (χ3n) is 4.98. The maximum Gasteiger partial charge on any atom is 0.338 e. The lowest BCUT2D eigenvalue weighted by atomic mass is 10.0. The van der Waals surface area contributed by atoms with Crippen molar-refractivity contribution in [2.45, 2.75) is 13.1 Å². The quantitative estimate of drug-likeness (QED) is 0.658. The number of hydrogen-bond acceptors (Lipinski definition) is 3. The second kappa shape index (κ2) is 6.43. The zero-order chi connectivity index (χ0) is 19.1. The van der Waals surface area contributed by atoms with Gasteiger partial charge in [-0.15, -0.1) is 0 Å². The van der Waals surface area contributed by atoms with E-state index in [2.05, 4.69) is 6.58 Å². The van der Waals surface area contributed by atoms with Gasteiger partial charge in [-0.3, -0.25) is 4.79 Å². The largest absolute Gasteiger partial charge is 0.462 e. The van der Waals surface area contributed by atoms with E-state index in [0.717, 1.165) is 22.0 Å². The lowest BCUT2D eigenvalue weighted by molar-refractivity contribution is 0.0526. The summed E-state index contributed by atoms with van der Waals surface area (Å²) in [6.07, 6.45) is -0.305. The molecule has 2 heterocycles. The van der Waals surface area contributed by atoms with Crippen molar-refractivity contribution in [2.24, 2.45) is 0 Å². The van der Waals surface area contributed by atoms with E-state index in [4.69, 9.17) is 4.74 Å². The minimum Gasteiger partial charge on any atom is -0.462 e. The highest BCUT2D eigenvalue weighted by molar-refractivity contribution is 6.02. The maximum atomic E-state index is 12.7. The van der Waals surface area contributed by atoms with Gasteiger partial charge in [-0.2, -0.15) is 0 Å². The molecule has 0 spiro atoms. The third kappa shape index (κ3) is 2.63. The number of likely N-dealkylation sites (N-methyl/N-ethyl adjacent to an activating group) is 1. The number of hydrogen-bond donors (Lipinski definition) is 0. The summed E-state index contributed by atoms with van der Waals surface area (Å²) in [6, 6.07) is 17.0. The molecule has 1 aromatic heterocycles. The fourth-order valence-electron chi connectivity index (χ4n) is 3.64. The third-order valence-corrected chi connectivity index (χ3v) is 4.98. The molecule has 0 fully saturated rings. The highest BCUT2D eigenvalue weighted by Crippen LogP contribution is 2.39. The molecule has 0 radical (unpaired) electrons. The molecule has 0 saturated carbocycles. The van der Waals surface area contributed by atoms with Crippen LogP contribution in [0.2, 0.25) is 0 Å². The number of fused-ring (bicyclic) bond motifs is 3. The Hall–Kier alpha value is -3.34. The molecule has 136 valence electrons. The second-order valence-corrected chi connectivity index (χ2v) is 6.57. The highest BCUT2D eigenvalue weighted by Gasteiger charge is 2.37. The molecule has 0 aliphatic carbocycles. The first-order valence-corrected chi connectivity index (χ1v) is 8.86. The Kier molecular flexibility index (Phi) is 4.07. The van der Waals surface area contributed by atoms with Crippen LogP contribution in [0.5, 0.6) is 0 Å². The Morgan fingerprint density at radius 2 is 1.78 bits per heavy atom. The Bertz CT molecular complexity index is 1060. The molecule has 4 rings (SSSR count). The fourth-order valence-corrected chi connectivity index (χ4v) is 3.64. The van der Waals surface area contributed by atoms with Crippen molar-refractivity contribution in [3.8, 4) is 0 Å². The van der Waals surface area contributed by atoms with Crippen LogP contribution in [0.25, 0.3) is 16.5 Å². The molecular weight excluding hydrogens is 340 g/mol. The van der Waals surface area contributed by atoms with Gasteiger partial charge in [-0.05, 0) is 42.3 Å². The van der Waals surface area contributed by atoms with Crippen molar-refractivity contribution in [3.05, 3.63) is 78.0 Å². The van der Waals surface area contributed by atoms with Crippen LogP contribution >= 0.6 is 0 Å². The summed E-state index contributed by atoms with van der Waals surface area (Å²) in [5.41, 5.74) is 3.82. The summed E-state index contributed by atoms with van der Waals surface area (Å²) in [5.74, 6) is -0.373. The highest BCUT2D eigenvalue weighted by atomic mass is 16.5. The van der Waals surface area contributed by atoms with Gasteiger partial charge in [0, 0.05) is 12.4 Å². The summed E-state index contributed by atoms with van der Waals surface area (Å²) in [5, 5.41) is 1.03. The predicted molar refractivity (Wildman–Crippen MR) is 105 cm³/mol. The SMILES string of the molecule is C=C(c1ccc(C(=O)OCC)cc1)C1N(C)C(=O)c2cc3ccccc3n21. The number of aromatic nitrogens is 1. The van der Waals surface area contributed by atoms with Crippen LogP contribution < -0.4 is 0 Å². The van der Waals surface area contributed by atoms with Crippen molar-refractivity contribution in [1.82, 2.24) is 9.47 Å². The zero-order valence-corrected chi connectivity index (χ0v) is 15.3. The number of rotatable bonds is 4. The molecule has 5 nitrogen and oxygen atoms in total. The van der Waals surface area contributed by atoms with Gasteiger partial charge >= 0.3 is 5.97 Å². The van der Waals surface area contributed by atoms with E-state index >= 15 is 0 Å². The first-order valence-electron chi connectivity index (χ1n) is 8.86. The number of carbonyl (C=O) groups is 2. The molecule has 1 amide bonds. The van der Waals surface area contributed by atoms with Gasteiger partial charge < -0.3 is 14.2 Å². The van der Waals surface area contributed by atoms with Crippen LogP contribution in [0.1, 0.15) is 39.5 Å². The lowest BCUT2D eigenvalue weighted by Gasteiger charge is -2.25. The molecule has 1 aliphatic heterocycles. The molecule has 0 N–H and O–H groups in total. The van der Waals surface area contributed by atoms with Gasteiger partial charge in [-0.1, -0.05) is 36.9 Å². The number of nitrogens with zero attached hydrogens (tertiary/aromatic N) is 2. The van der Waals surface area contributed by atoms with E-state index in [-0.39, 0.29) is 18.0 Å². The van der Waals surface area contributed by atoms with Gasteiger partial charge in [0.1, 0.15) is 11.9 Å². The summed E-state index contributed by atoms with van der Waals surface area (Å²) in [7, 11) is 1.78. The standard InChI is InChI=1S/C22H20N2O3/c1-4-27-22(26)16-11-9-15(10-12-16)14(2)20-23(3)21(25)19-13-17-7-5-6-8-18(17)24(19)20/h5-13,20H,2,4H2,1,3H3. The molecule has 1 aliphatic rings. The smallest absolute Gasteiger partial charge is 0.338 e. The monoisotopic (exact) mass is 360 g/mol. The Morgan fingerprint density at radius 3 is 2.48 bits per heavy atom. The molecule has 1 atom stereocenters. The molecule has 0 bridgehead atoms. The zero-order valence-electron chi connectivity index (χ0n) is 15.3. The van der Waals surface area contributed by atoms with E-state index in [1.165, 1.54) is 0 Å². The van der Waals surface area contributed by atoms with Gasteiger partial charge in [0.2, 0.25) is 0 Å². The van der Waals surface area contributed by atoms with E-state index in [0.29, 0.717) is 17.9 Å². The normalized spacial score (nSPS) is 15.9. The van der Waals surface area contributed by atoms with Crippen LogP contribution in [0, 0.1) is 0 Å². The second-order valence-electron chi connectivity index (χ2n) is 6.57. The van der Waals surface area contributed by atoms with Crippen molar-refractivity contribution >= 4 is 28.4 Å². The van der Waals surface area contributed by atoms with E-state index < -0.39 is 0 Å². The molecule has 27 heavy (non-hydrogen) atoms. The molecule has 1 unspecified atom stereocenters. The van der Waals surface area contributed by atoms with Crippen LogP contribution in [-0.2, 0) is 4.74 Å². The molecule has 3 aromatic rings. The van der Waals surface area contributed by atoms with Gasteiger partial charge in [0.25, 0.3) is 5.91 Å². The van der Waals surface area contributed by atoms with Crippen molar-refractivity contribution in [3.63, 3.8) is 0 Å². The molecule has 0 saturated heterocycles. The number of amides is 1. The Morgan fingerprint density at radius 1 is 1.11 bits per heavy atom. The van der Waals surface area contributed by atoms with Gasteiger partial charge in [-0.25, -0.2) is 4.79 Å². The first-order chi connectivity index (χ1) is 13.0. The number of esters is 1. The minimum absolute atomic E-state index is 0.0273. The predicted octanol–water partition coefficient (Wildman–Crippen LogP) is 4.12. The lowest BCUT2D eigenvalue weighted by Crippen LogP contribution is -2.25. The van der Waals surface area contributed by atoms with E-state index in [9.17, 15) is 9.59 Å². The maximum absolute atomic E-state index is 12.7. The molecular formula is C22H20N2O3. The Balaban J connectivity index is 1.72. The van der Waals surface area contributed by atoms with Crippen LogP contribution in [0.3, 0.4) is 0 Å². The summed E-state index contributed by atoms with van der Waals surface area (Å²) in [4.78, 5) is 26.3. The molecule has 2 aromatic carbocycles. The number of benzene rings is 2. The minimum atomic E-state index is -0.346. The van der Waals surface area contributed by atoms with Crippen LogP contribution in [-0.4, -0.2) is 35.0 Å². The van der Waals surface area contributed by atoms with Gasteiger partial charge in [0.15, 0.2) is 0 Å². The number of ether oxygens (including phenoxy) is 1. The summed E-state index contributed by atoms with van der Waals surface area (Å²) in [6.45, 7) is 6.37. The average molecular weight is 360 g/mol. The number of para-hydroxylation sites is 1. The van der Waals surface area contributed by atoms with Crippen molar-refractivity contribution in [2.75, 3.05) is 13.7 Å². The first kappa shape index (κ1) is 17.1. The van der Waals surface area contributed by atoms with Crippen molar-refractivity contribution < 1.29 is 14.3 Å². The fraction of sp³-hybridized carbons (Fsp3) is 0.182. The van der Waals surface area contributed by atoms with E-state index in [1.807, 2.05) is 47.0 Å². The average Bonchev–Trinajstić information content (AvgIpc) is 3.17. The van der Waals surface area contributed by atoms with Crippen LogP contribution in [0.4, 0.5) is 0 Å². The van der Waals surface area contributed by atoms with Gasteiger partial charge in [0.05, 0.1) is 17.7 Å². The van der Waals surface area contributed by atoms with E-state index in [1.54, 1.807) is 31.0 Å². The van der Waals surface area contributed by atoms with Crippen molar-refractivity contribution in [1.29, 1.82) is 0 Å². The summed E-state index contributed by atoms with van der Waals surface area (Å²) < 4.78 is 7.05. The number of carbonyl (C=O) groups excluding carboxylic acids is 2. The van der Waals surface area contributed by atoms with Crippen LogP contribution in [0.15, 0.2) is 61.2 Å². The Labute approximate surface area is 157 Å². The topological polar surface area (TPSA) is 51.5 Å².